The molecular weight excluding hydrogens is 330 g/mol. The van der Waals surface area contributed by atoms with E-state index < -0.39 is 5.60 Å². The van der Waals surface area contributed by atoms with Crippen LogP contribution < -0.4 is 5.32 Å². The zero-order chi connectivity index (χ0) is 17.5. The topological polar surface area (TPSA) is 81.9 Å². The number of nitrogens with zero attached hydrogens (tertiary/aromatic N) is 4. The van der Waals surface area contributed by atoms with Crippen LogP contribution in [0.4, 0.5) is 4.79 Å². The van der Waals surface area contributed by atoms with Gasteiger partial charge in [0.2, 0.25) is 5.28 Å². The molecule has 8 heteroatoms. The molecule has 24 heavy (non-hydrogen) atoms. The van der Waals surface area contributed by atoms with E-state index in [-0.39, 0.29) is 17.4 Å². The third-order valence-corrected chi connectivity index (χ3v) is 4.28. The molecule has 7 nitrogen and oxygen atoms in total. The summed E-state index contributed by atoms with van der Waals surface area (Å²) in [5, 5.41) is 8.56. The molecular formula is C16H22ClN5O2. The molecule has 0 aliphatic heterocycles. The number of aromatic nitrogens is 4. The third kappa shape index (κ3) is 3.61. The first-order valence-corrected chi connectivity index (χ1v) is 8.45. The van der Waals surface area contributed by atoms with Gasteiger partial charge in [0.25, 0.3) is 0 Å². The molecule has 0 bridgehead atoms. The molecule has 1 saturated carbocycles. The molecule has 0 spiro atoms. The second kappa shape index (κ2) is 6.20. The number of carbonyl (C=O) groups is 1. The summed E-state index contributed by atoms with van der Waals surface area (Å²) in [6.45, 7) is 8.11. The molecule has 2 heterocycles. The van der Waals surface area contributed by atoms with Crippen LogP contribution in [0.25, 0.3) is 11.0 Å². The van der Waals surface area contributed by atoms with Gasteiger partial charge >= 0.3 is 6.09 Å². The number of hydrogen-bond acceptors (Lipinski definition) is 5. The third-order valence-electron chi connectivity index (χ3n) is 4.09. The van der Waals surface area contributed by atoms with Crippen molar-refractivity contribution in [2.24, 2.45) is 5.92 Å². The van der Waals surface area contributed by atoms with E-state index >= 15 is 0 Å². The van der Waals surface area contributed by atoms with E-state index in [1.807, 2.05) is 32.4 Å². The molecule has 0 unspecified atom stereocenters. The molecule has 1 aliphatic rings. The molecule has 0 atom stereocenters. The highest BCUT2D eigenvalue weighted by Crippen LogP contribution is 2.38. The van der Waals surface area contributed by atoms with Gasteiger partial charge in [0.1, 0.15) is 5.60 Å². The molecule has 1 N–H and O–H groups in total. The first-order chi connectivity index (χ1) is 11.2. The number of amides is 1. The van der Waals surface area contributed by atoms with Crippen LogP contribution in [0.15, 0.2) is 6.20 Å². The van der Waals surface area contributed by atoms with Gasteiger partial charge in [0.05, 0.1) is 17.1 Å². The first kappa shape index (κ1) is 17.0. The van der Waals surface area contributed by atoms with E-state index in [0.717, 1.165) is 29.6 Å². The van der Waals surface area contributed by atoms with Gasteiger partial charge in [-0.05, 0) is 58.1 Å². The van der Waals surface area contributed by atoms with Gasteiger partial charge in [-0.15, -0.1) is 0 Å². The molecule has 1 fully saturated rings. The van der Waals surface area contributed by atoms with Gasteiger partial charge in [0.15, 0.2) is 5.65 Å². The Hall–Kier alpha value is -1.89. The van der Waals surface area contributed by atoms with Gasteiger partial charge in [0, 0.05) is 12.7 Å². The Morgan fingerprint density at radius 3 is 2.83 bits per heavy atom. The quantitative estimate of drug-likeness (QED) is 0.858. The van der Waals surface area contributed by atoms with Crippen LogP contribution in [-0.2, 0) is 4.74 Å². The number of hydrogen-bond donors (Lipinski definition) is 1. The van der Waals surface area contributed by atoms with Crippen LogP contribution in [0.5, 0.6) is 0 Å². The Balaban J connectivity index is 1.57. The lowest BCUT2D eigenvalue weighted by Crippen LogP contribution is -2.39. The van der Waals surface area contributed by atoms with E-state index in [9.17, 15) is 4.79 Å². The molecule has 1 amide bonds. The second-order valence-electron chi connectivity index (χ2n) is 7.28. The monoisotopic (exact) mass is 351 g/mol. The van der Waals surface area contributed by atoms with Crippen molar-refractivity contribution in [3.8, 4) is 0 Å². The smallest absolute Gasteiger partial charge is 0.407 e. The van der Waals surface area contributed by atoms with Crippen LogP contribution in [0.3, 0.4) is 0 Å². The Morgan fingerprint density at radius 2 is 2.17 bits per heavy atom. The summed E-state index contributed by atoms with van der Waals surface area (Å²) in [5.41, 5.74) is 1.20. The van der Waals surface area contributed by atoms with Crippen molar-refractivity contribution < 1.29 is 9.53 Å². The van der Waals surface area contributed by atoms with Crippen LogP contribution in [0.1, 0.15) is 45.3 Å². The minimum absolute atomic E-state index is 0.228. The van der Waals surface area contributed by atoms with Gasteiger partial charge < -0.3 is 10.1 Å². The number of fused-ring (bicyclic) bond motifs is 1. The maximum absolute atomic E-state index is 11.7. The standard InChI is InChI=1S/C16H22ClN5O2/c1-9-12-8-18-14(17)20-13(12)22(21-9)11-5-10(6-11)7-19-15(23)24-16(2,3)4/h8,10-11H,5-7H2,1-4H3,(H,19,23). The van der Waals surface area contributed by atoms with Gasteiger partial charge in [-0.1, -0.05) is 0 Å². The van der Waals surface area contributed by atoms with Crippen molar-refractivity contribution in [2.75, 3.05) is 6.54 Å². The largest absolute Gasteiger partial charge is 0.444 e. The summed E-state index contributed by atoms with van der Waals surface area (Å²) >= 11 is 5.91. The van der Waals surface area contributed by atoms with Crippen molar-refractivity contribution >= 4 is 28.7 Å². The highest BCUT2D eigenvalue weighted by Gasteiger charge is 2.33. The van der Waals surface area contributed by atoms with Crippen molar-refractivity contribution in [2.45, 2.75) is 52.2 Å². The van der Waals surface area contributed by atoms with Crippen molar-refractivity contribution in [3.63, 3.8) is 0 Å². The number of carbonyl (C=O) groups excluding carboxylic acids is 1. The number of nitrogens with one attached hydrogen (secondary N) is 1. The number of alkyl carbamates (subject to hydrolysis) is 1. The first-order valence-electron chi connectivity index (χ1n) is 8.07. The minimum Gasteiger partial charge on any atom is -0.444 e. The predicted molar refractivity (Wildman–Crippen MR) is 91.1 cm³/mol. The van der Waals surface area contributed by atoms with Gasteiger partial charge in [-0.25, -0.2) is 14.5 Å². The fraction of sp³-hybridized carbons (Fsp3) is 0.625. The summed E-state index contributed by atoms with van der Waals surface area (Å²) in [5.74, 6) is 0.416. The van der Waals surface area contributed by atoms with E-state index in [0.29, 0.717) is 12.5 Å². The molecule has 0 radical (unpaired) electrons. The van der Waals surface area contributed by atoms with Crippen molar-refractivity contribution in [1.29, 1.82) is 0 Å². The molecule has 1 aliphatic carbocycles. The lowest BCUT2D eigenvalue weighted by atomic mass is 9.80. The van der Waals surface area contributed by atoms with E-state index in [2.05, 4.69) is 20.4 Å². The lowest BCUT2D eigenvalue weighted by molar-refractivity contribution is 0.0498. The Bertz CT molecular complexity index is 762. The highest BCUT2D eigenvalue weighted by molar-refractivity contribution is 6.28. The van der Waals surface area contributed by atoms with Crippen LogP contribution in [-0.4, -0.2) is 38.0 Å². The Labute approximate surface area is 145 Å². The van der Waals surface area contributed by atoms with E-state index in [4.69, 9.17) is 16.3 Å². The zero-order valence-electron chi connectivity index (χ0n) is 14.3. The zero-order valence-corrected chi connectivity index (χ0v) is 15.1. The van der Waals surface area contributed by atoms with Crippen LogP contribution >= 0.6 is 11.6 Å². The normalized spacial score (nSPS) is 20.7. The SMILES string of the molecule is Cc1nn(C2CC(CNC(=O)OC(C)(C)C)C2)c2nc(Cl)ncc12. The van der Waals surface area contributed by atoms with Crippen molar-refractivity contribution in [3.05, 3.63) is 17.2 Å². The summed E-state index contributed by atoms with van der Waals surface area (Å²) < 4.78 is 7.18. The average molecular weight is 352 g/mol. The summed E-state index contributed by atoms with van der Waals surface area (Å²) in [7, 11) is 0. The van der Waals surface area contributed by atoms with E-state index in [1.165, 1.54) is 0 Å². The molecule has 2 aromatic rings. The van der Waals surface area contributed by atoms with Crippen LogP contribution in [0, 0.1) is 12.8 Å². The molecule has 0 aromatic carbocycles. The van der Waals surface area contributed by atoms with Gasteiger partial charge in [-0.2, -0.15) is 10.1 Å². The molecule has 130 valence electrons. The number of ether oxygens (including phenoxy) is 1. The number of halogens is 1. The van der Waals surface area contributed by atoms with Crippen LogP contribution in [0.2, 0.25) is 5.28 Å². The molecule has 2 aromatic heterocycles. The van der Waals surface area contributed by atoms with Gasteiger partial charge in [-0.3, -0.25) is 0 Å². The maximum Gasteiger partial charge on any atom is 0.407 e. The summed E-state index contributed by atoms with van der Waals surface area (Å²) in [4.78, 5) is 20.0. The predicted octanol–water partition coefficient (Wildman–Crippen LogP) is 3.26. The fourth-order valence-electron chi connectivity index (χ4n) is 2.91. The Morgan fingerprint density at radius 1 is 1.46 bits per heavy atom. The molecule has 0 saturated heterocycles. The van der Waals surface area contributed by atoms with Crippen molar-refractivity contribution in [1.82, 2.24) is 25.1 Å². The summed E-state index contributed by atoms with van der Waals surface area (Å²) in [6.07, 6.45) is 3.22. The fourth-order valence-corrected chi connectivity index (χ4v) is 3.04. The highest BCUT2D eigenvalue weighted by atomic mass is 35.5. The number of rotatable bonds is 3. The minimum atomic E-state index is -0.475. The van der Waals surface area contributed by atoms with E-state index in [1.54, 1.807) is 6.20 Å². The maximum atomic E-state index is 11.7. The summed E-state index contributed by atoms with van der Waals surface area (Å²) in [6, 6.07) is 0.276. The second-order valence-corrected chi connectivity index (χ2v) is 7.62. The average Bonchev–Trinajstić information content (AvgIpc) is 2.71. The lowest BCUT2D eigenvalue weighted by Gasteiger charge is -2.35. The Kier molecular flexibility index (Phi) is 4.38. The number of aryl methyl sites for hydroxylation is 1. The molecule has 3 rings (SSSR count).